The van der Waals surface area contributed by atoms with E-state index in [1.807, 2.05) is 41.3 Å². The molecule has 0 aliphatic carbocycles. The Labute approximate surface area is 238 Å². The molecule has 2 aliphatic heterocycles. The molecule has 1 amide bonds. The number of carbonyl (C=O) groups is 2. The molecule has 0 radical (unpaired) electrons. The highest BCUT2D eigenvalue weighted by Gasteiger charge is 2.35. The van der Waals surface area contributed by atoms with Crippen LogP contribution in [0.4, 0.5) is 0 Å². The van der Waals surface area contributed by atoms with E-state index in [0.717, 1.165) is 43.6 Å². The number of phenols is 1. The standard InChI is InChI=1S/C32H44N4O4/c1-4-16-35-21-24(3)36(22-23(35)2)31(26-9-6-11-29(37)20-26)25-8-5-10-27(19-25)32(40)34-17-13-28(14-18-34)33-15-7-12-30(38)39/h4-6,8-11,19-20,23-24,28,31,33,37H,1,7,12-18,21-22H2,2-3H3,(H,38,39)/t23-,24-,31?/m1/s1. The first-order valence-corrected chi connectivity index (χ1v) is 14.5. The lowest BCUT2D eigenvalue weighted by molar-refractivity contribution is -0.137. The van der Waals surface area contributed by atoms with Crippen molar-refractivity contribution in [2.75, 3.05) is 39.3 Å². The minimum absolute atomic E-state index is 0.0399. The van der Waals surface area contributed by atoms with Gasteiger partial charge in [-0.15, -0.1) is 6.58 Å². The highest BCUT2D eigenvalue weighted by Crippen LogP contribution is 2.35. The SMILES string of the molecule is C=CCN1C[C@@H](C)N(C(c2cccc(O)c2)c2cccc(C(=O)N3CCC(NCCCC(=O)O)CC3)c2)C[C@H]1C. The molecule has 0 bridgehead atoms. The summed E-state index contributed by atoms with van der Waals surface area (Å²) in [6.07, 6.45) is 4.46. The van der Waals surface area contributed by atoms with Crippen molar-refractivity contribution >= 4 is 11.9 Å². The highest BCUT2D eigenvalue weighted by molar-refractivity contribution is 5.94. The molecule has 2 heterocycles. The number of rotatable bonds is 11. The molecule has 3 N–H and O–H groups in total. The van der Waals surface area contributed by atoms with E-state index in [2.05, 4.69) is 47.7 Å². The molecule has 40 heavy (non-hydrogen) atoms. The van der Waals surface area contributed by atoms with E-state index in [4.69, 9.17) is 5.11 Å². The van der Waals surface area contributed by atoms with Crippen molar-refractivity contribution in [3.8, 4) is 5.75 Å². The number of nitrogens with zero attached hydrogens (tertiary/aromatic N) is 3. The average molecular weight is 549 g/mol. The summed E-state index contributed by atoms with van der Waals surface area (Å²) >= 11 is 0. The lowest BCUT2D eigenvalue weighted by Crippen LogP contribution is -2.57. The van der Waals surface area contributed by atoms with E-state index >= 15 is 0 Å². The molecule has 3 atom stereocenters. The van der Waals surface area contributed by atoms with Crippen LogP contribution in [-0.2, 0) is 4.79 Å². The van der Waals surface area contributed by atoms with Gasteiger partial charge in [0.25, 0.3) is 5.91 Å². The van der Waals surface area contributed by atoms with Gasteiger partial charge < -0.3 is 20.4 Å². The van der Waals surface area contributed by atoms with Crippen LogP contribution >= 0.6 is 0 Å². The number of piperazine rings is 1. The zero-order chi connectivity index (χ0) is 28.6. The van der Waals surface area contributed by atoms with Gasteiger partial charge >= 0.3 is 5.97 Å². The summed E-state index contributed by atoms with van der Waals surface area (Å²) in [6, 6.07) is 16.3. The number of phenolic OH excluding ortho intramolecular Hbond substituents is 1. The number of benzene rings is 2. The molecule has 4 rings (SSSR count). The number of hydrogen-bond donors (Lipinski definition) is 3. The van der Waals surface area contributed by atoms with E-state index in [-0.39, 0.29) is 30.2 Å². The van der Waals surface area contributed by atoms with E-state index in [0.29, 0.717) is 43.7 Å². The molecule has 0 saturated carbocycles. The minimum Gasteiger partial charge on any atom is -0.508 e. The number of piperidine rings is 1. The van der Waals surface area contributed by atoms with Crippen molar-refractivity contribution in [1.82, 2.24) is 20.0 Å². The van der Waals surface area contributed by atoms with Crippen LogP contribution in [0.15, 0.2) is 61.2 Å². The van der Waals surface area contributed by atoms with Crippen molar-refractivity contribution in [1.29, 1.82) is 0 Å². The summed E-state index contributed by atoms with van der Waals surface area (Å²) in [7, 11) is 0. The van der Waals surface area contributed by atoms with Crippen molar-refractivity contribution in [2.24, 2.45) is 0 Å². The Balaban J connectivity index is 1.50. The summed E-state index contributed by atoms with van der Waals surface area (Å²) < 4.78 is 0. The Morgan fingerprint density at radius 3 is 2.42 bits per heavy atom. The van der Waals surface area contributed by atoms with Crippen molar-refractivity contribution in [3.63, 3.8) is 0 Å². The Kier molecular flexibility index (Phi) is 10.4. The topological polar surface area (TPSA) is 96.4 Å². The van der Waals surface area contributed by atoms with Gasteiger partial charge in [0.15, 0.2) is 0 Å². The molecule has 1 unspecified atom stereocenters. The van der Waals surface area contributed by atoms with Crippen LogP contribution in [0.1, 0.15) is 67.1 Å². The maximum absolute atomic E-state index is 13.6. The molecule has 8 heteroatoms. The summed E-state index contributed by atoms with van der Waals surface area (Å²) in [5.74, 6) is -0.493. The zero-order valence-electron chi connectivity index (χ0n) is 23.8. The number of aliphatic carboxylic acids is 1. The third kappa shape index (κ3) is 7.50. The zero-order valence-corrected chi connectivity index (χ0v) is 23.8. The van der Waals surface area contributed by atoms with Gasteiger partial charge in [0.1, 0.15) is 5.75 Å². The van der Waals surface area contributed by atoms with Gasteiger partial charge in [-0.3, -0.25) is 19.4 Å². The van der Waals surface area contributed by atoms with E-state index in [1.165, 1.54) is 0 Å². The summed E-state index contributed by atoms with van der Waals surface area (Å²) in [4.78, 5) is 31.2. The minimum atomic E-state index is -0.769. The van der Waals surface area contributed by atoms with Gasteiger partial charge in [-0.1, -0.05) is 30.3 Å². The van der Waals surface area contributed by atoms with Crippen molar-refractivity contribution < 1.29 is 19.8 Å². The molecule has 2 fully saturated rings. The largest absolute Gasteiger partial charge is 0.508 e. The maximum Gasteiger partial charge on any atom is 0.303 e. The Bertz CT molecular complexity index is 1160. The van der Waals surface area contributed by atoms with Gasteiger partial charge in [-0.05, 0) is 75.0 Å². The Morgan fingerprint density at radius 2 is 1.75 bits per heavy atom. The number of carboxylic acid groups (broad SMARTS) is 1. The first-order valence-electron chi connectivity index (χ1n) is 14.5. The Hall–Kier alpha value is -3.20. The van der Waals surface area contributed by atoms with Crippen LogP contribution in [0.5, 0.6) is 5.75 Å². The lowest BCUT2D eigenvalue weighted by Gasteiger charge is -2.47. The molecule has 2 aliphatic rings. The van der Waals surface area contributed by atoms with Crippen LogP contribution in [0.25, 0.3) is 0 Å². The first-order chi connectivity index (χ1) is 19.3. The fourth-order valence-corrected chi connectivity index (χ4v) is 6.13. The first kappa shape index (κ1) is 29.8. The molecular weight excluding hydrogens is 504 g/mol. The normalized spacial score (nSPS) is 21.7. The van der Waals surface area contributed by atoms with Gasteiger partial charge in [0, 0.05) is 62.8 Å². The maximum atomic E-state index is 13.6. The number of likely N-dealkylation sites (tertiary alicyclic amines) is 1. The highest BCUT2D eigenvalue weighted by atomic mass is 16.4. The number of amides is 1. The molecule has 2 aromatic carbocycles. The second kappa shape index (κ2) is 13.9. The van der Waals surface area contributed by atoms with Crippen LogP contribution in [-0.4, -0.2) is 94.2 Å². The van der Waals surface area contributed by atoms with Gasteiger partial charge in [0.2, 0.25) is 0 Å². The lowest BCUT2D eigenvalue weighted by atomic mass is 9.92. The van der Waals surface area contributed by atoms with Crippen molar-refractivity contribution in [2.45, 2.75) is 63.7 Å². The number of hydrogen-bond acceptors (Lipinski definition) is 6. The van der Waals surface area contributed by atoms with Gasteiger partial charge in [-0.25, -0.2) is 0 Å². The predicted molar refractivity (Wildman–Crippen MR) is 158 cm³/mol. The molecule has 2 saturated heterocycles. The molecule has 0 aromatic heterocycles. The molecule has 2 aromatic rings. The van der Waals surface area contributed by atoms with E-state index in [9.17, 15) is 14.7 Å². The number of carbonyl (C=O) groups excluding carboxylic acids is 1. The van der Waals surface area contributed by atoms with Crippen LogP contribution in [0.2, 0.25) is 0 Å². The fourth-order valence-electron chi connectivity index (χ4n) is 6.13. The van der Waals surface area contributed by atoms with Crippen molar-refractivity contribution in [3.05, 3.63) is 77.9 Å². The van der Waals surface area contributed by atoms with Crippen LogP contribution in [0.3, 0.4) is 0 Å². The fraction of sp³-hybridized carbons (Fsp3) is 0.500. The molecule has 216 valence electrons. The molecular formula is C32H44N4O4. The Morgan fingerprint density at radius 1 is 1.05 bits per heavy atom. The summed E-state index contributed by atoms with van der Waals surface area (Å²) in [6.45, 7) is 13.1. The second-order valence-corrected chi connectivity index (χ2v) is 11.3. The second-order valence-electron chi connectivity index (χ2n) is 11.3. The van der Waals surface area contributed by atoms with E-state index < -0.39 is 5.97 Å². The third-order valence-electron chi connectivity index (χ3n) is 8.28. The van der Waals surface area contributed by atoms with E-state index in [1.54, 1.807) is 6.07 Å². The molecule has 8 nitrogen and oxygen atoms in total. The third-order valence-corrected chi connectivity index (χ3v) is 8.28. The monoisotopic (exact) mass is 548 g/mol. The van der Waals surface area contributed by atoms with Gasteiger partial charge in [-0.2, -0.15) is 0 Å². The number of aromatic hydroxyl groups is 1. The number of nitrogens with one attached hydrogen (secondary N) is 1. The predicted octanol–water partition coefficient (Wildman–Crippen LogP) is 4.12. The van der Waals surface area contributed by atoms with Crippen LogP contribution < -0.4 is 5.32 Å². The summed E-state index contributed by atoms with van der Waals surface area (Å²) in [5.41, 5.74) is 2.74. The summed E-state index contributed by atoms with van der Waals surface area (Å²) in [5, 5.41) is 22.6. The van der Waals surface area contributed by atoms with Crippen LogP contribution in [0, 0.1) is 0 Å². The molecule has 0 spiro atoms. The quantitative estimate of drug-likeness (QED) is 0.287. The van der Waals surface area contributed by atoms with Gasteiger partial charge in [0.05, 0.1) is 6.04 Å². The average Bonchev–Trinajstić information content (AvgIpc) is 2.94. The number of carboxylic acids is 1. The smallest absolute Gasteiger partial charge is 0.303 e.